The van der Waals surface area contributed by atoms with E-state index >= 15 is 0 Å². The number of nitrogens with zero attached hydrogens (tertiary/aromatic N) is 1. The summed E-state index contributed by atoms with van der Waals surface area (Å²) in [4.78, 5) is 2.37. The normalized spacial score (nSPS) is 12.0. The third kappa shape index (κ3) is 10.4. The van der Waals surface area contributed by atoms with Crippen molar-refractivity contribution in [2.75, 3.05) is 4.90 Å². The first-order valence-corrected chi connectivity index (χ1v) is 34.7. The summed E-state index contributed by atoms with van der Waals surface area (Å²) in [6.07, 6.45) is 0. The molecule has 1 nitrogen and oxygen atoms in total. The molecule has 9 aromatic carbocycles. The number of benzene rings is 9. The van der Waals surface area contributed by atoms with E-state index in [1.165, 1.54) is 81.9 Å². The van der Waals surface area contributed by atoms with Crippen LogP contribution in [-0.2, 0) is 5.41 Å². The summed E-state index contributed by atoms with van der Waals surface area (Å²) in [6, 6.07) is 81.5. The van der Waals surface area contributed by atoms with Crippen LogP contribution >= 0.6 is 0 Å². The topological polar surface area (TPSA) is 3.24 Å². The number of hydrogen-bond acceptors (Lipinski definition) is 1. The number of rotatable bonds is 11. The molecule has 9 rings (SSSR count). The van der Waals surface area contributed by atoms with E-state index in [1.807, 2.05) is 0 Å². The minimum absolute atomic E-state index is 0.125. The van der Waals surface area contributed by atoms with E-state index in [0.717, 1.165) is 17.1 Å². The van der Waals surface area contributed by atoms with Crippen LogP contribution < -0.4 is 14.5 Å². The fourth-order valence-electron chi connectivity index (χ4n) is 8.98. The van der Waals surface area contributed by atoms with E-state index in [9.17, 15) is 0 Å². The Bertz CT molecular complexity index is 2770. The fraction of sp³-hybridized carbons (Fsp3) is 0.156. The van der Waals surface area contributed by atoms with Crippen LogP contribution in [0.3, 0.4) is 0 Å². The van der Waals surface area contributed by atoms with Crippen LogP contribution in [0.5, 0.6) is 0 Å². The van der Waals surface area contributed by atoms with Gasteiger partial charge in [0.2, 0.25) is 0 Å². The first-order chi connectivity index (χ1) is 32.1. The summed E-state index contributed by atoms with van der Waals surface area (Å²) in [6.45, 7) is 14.0. The van der Waals surface area contributed by atoms with Gasteiger partial charge in [0.1, 0.15) is 0 Å². The molecule has 0 fully saturated rings. The Labute approximate surface area is 404 Å². The van der Waals surface area contributed by atoms with Crippen molar-refractivity contribution in [1.82, 2.24) is 0 Å². The van der Waals surface area contributed by atoms with Crippen molar-refractivity contribution in [3.05, 3.63) is 224 Å². The summed E-state index contributed by atoms with van der Waals surface area (Å²) in [5.41, 5.74) is 19.4. The van der Waals surface area contributed by atoms with Gasteiger partial charge in [-0.1, -0.05) is 155 Å². The Morgan fingerprint density at radius 2 is 0.597 bits per heavy atom. The number of hydrogen-bond donors (Lipinski definition) is 0. The van der Waals surface area contributed by atoms with Crippen LogP contribution in [0.2, 0.25) is 36.9 Å². The van der Waals surface area contributed by atoms with Gasteiger partial charge in [-0.25, -0.2) is 0 Å². The molecular weight excluding hydrogens is 883 g/mol. The summed E-state index contributed by atoms with van der Waals surface area (Å²) in [5, 5.41) is 1.48. The maximum Gasteiger partial charge on any atom is -0.0374 e. The van der Waals surface area contributed by atoms with Crippen molar-refractivity contribution < 1.29 is 0 Å². The Morgan fingerprint density at radius 1 is 0.328 bits per heavy atom. The van der Waals surface area contributed by atoms with Crippen molar-refractivity contribution >= 4 is 48.0 Å². The molecule has 0 atom stereocenters. The van der Waals surface area contributed by atoms with Gasteiger partial charge in [0.15, 0.2) is 0 Å². The Hall–Kier alpha value is -6.46. The van der Waals surface area contributed by atoms with Crippen LogP contribution in [0.1, 0.15) is 26.3 Å². The molecule has 0 bridgehead atoms. The average molecular weight is 947 g/mol. The molecule has 0 aliphatic carbocycles. The van der Waals surface area contributed by atoms with E-state index in [4.69, 9.17) is 0 Å². The van der Waals surface area contributed by atoms with Crippen LogP contribution in [-0.4, -0.2) is 21.3 Å². The molecule has 0 heterocycles. The maximum atomic E-state index is 2.45. The standard InChI is InChI=1S/C64H63GeNSi/c1-64(2,3)58-31-19-46(20-32-58)52-13-10-15-54(43-52)48-23-35-60(36-24-48)66(61-37-25-49(26-38-61)55-16-11-14-53(44-55)47-21-33-59(34-22-47)65(4,5)6)62-39-27-50(28-40-62)56-17-12-18-57(45-56)51-29-41-63(42-30-51)67(7,8)9/h10-45H,1-9H3. The second-order valence-electron chi connectivity index (χ2n) is 21.2. The summed E-state index contributed by atoms with van der Waals surface area (Å²) in [5.74, 6) is 7.35. The van der Waals surface area contributed by atoms with Gasteiger partial charge in [-0.3, -0.25) is 0 Å². The smallest absolute Gasteiger partial charge is 0.0374 e. The molecule has 0 aliphatic rings. The van der Waals surface area contributed by atoms with Crippen LogP contribution in [0.4, 0.5) is 17.1 Å². The molecule has 9 aromatic rings. The first-order valence-electron chi connectivity index (χ1n) is 23.8. The molecule has 0 N–H and O–H groups in total. The van der Waals surface area contributed by atoms with E-state index in [1.54, 1.807) is 0 Å². The van der Waals surface area contributed by atoms with Gasteiger partial charge >= 0.3 is 141 Å². The van der Waals surface area contributed by atoms with Crippen molar-refractivity contribution in [1.29, 1.82) is 0 Å². The molecule has 0 saturated carbocycles. The molecule has 0 radical (unpaired) electrons. The average Bonchev–Trinajstić information content (AvgIpc) is 3.34. The molecule has 3 heteroatoms. The van der Waals surface area contributed by atoms with E-state index in [-0.39, 0.29) is 5.41 Å². The summed E-state index contributed by atoms with van der Waals surface area (Å²) in [7, 11) is -1.36. The molecule has 0 spiro atoms. The summed E-state index contributed by atoms with van der Waals surface area (Å²) < 4.78 is 1.53. The second-order valence-corrected chi connectivity index (χ2v) is 36.9. The zero-order valence-electron chi connectivity index (χ0n) is 40.7. The van der Waals surface area contributed by atoms with Gasteiger partial charge in [0.25, 0.3) is 0 Å². The largest absolute Gasteiger partial charge is 0.0579 e. The monoisotopic (exact) mass is 947 g/mol. The Morgan fingerprint density at radius 3 is 0.866 bits per heavy atom. The van der Waals surface area contributed by atoms with Crippen molar-refractivity contribution in [3.63, 3.8) is 0 Å². The van der Waals surface area contributed by atoms with Crippen LogP contribution in [0.25, 0.3) is 66.8 Å². The van der Waals surface area contributed by atoms with Crippen molar-refractivity contribution in [3.8, 4) is 66.8 Å². The minimum atomic E-state index is -1.89. The predicted octanol–water partition coefficient (Wildman–Crippen LogP) is 17.5. The van der Waals surface area contributed by atoms with Gasteiger partial charge in [-0.05, 0) is 91.9 Å². The third-order valence-corrected chi connectivity index (χ3v) is 19.6. The number of anilines is 3. The fourth-order valence-corrected chi connectivity index (χ4v) is 12.6. The Kier molecular flexibility index (Phi) is 12.7. The van der Waals surface area contributed by atoms with Gasteiger partial charge in [0.05, 0.1) is 8.07 Å². The van der Waals surface area contributed by atoms with Gasteiger partial charge in [0, 0.05) is 11.4 Å². The van der Waals surface area contributed by atoms with E-state index in [2.05, 4.69) is 281 Å². The zero-order valence-corrected chi connectivity index (χ0v) is 43.8. The molecule has 0 saturated heterocycles. The summed E-state index contributed by atoms with van der Waals surface area (Å²) >= 11 is -1.89. The predicted molar refractivity (Wildman–Crippen MR) is 298 cm³/mol. The SMILES string of the molecule is CC(C)(C)c1ccc(-c2cccc(-c3ccc(N(c4ccc(-c5cccc(-c6ccc([Si](C)(C)C)cc6)c5)cc4)c4ccc(-c5cccc(-c6cc[c]([Ge]([CH3])([CH3])[CH3])cc6)c5)cc4)cc3)c2)cc1. The van der Waals surface area contributed by atoms with Crippen molar-refractivity contribution in [2.24, 2.45) is 0 Å². The third-order valence-electron chi connectivity index (χ3n) is 13.2. The minimum Gasteiger partial charge on any atom is -0.0579 e. The Balaban J connectivity index is 1.03. The maximum absolute atomic E-state index is 2.45. The quantitative estimate of drug-likeness (QED) is 0.117. The molecule has 0 aliphatic heterocycles. The second kappa shape index (κ2) is 18.7. The molecule has 0 aromatic heterocycles. The van der Waals surface area contributed by atoms with Gasteiger partial charge < -0.3 is 0 Å². The van der Waals surface area contributed by atoms with Crippen LogP contribution in [0.15, 0.2) is 218 Å². The molecule has 332 valence electrons. The first kappa shape index (κ1) is 45.7. The molecule has 67 heavy (non-hydrogen) atoms. The van der Waals surface area contributed by atoms with E-state index < -0.39 is 21.3 Å². The van der Waals surface area contributed by atoms with Crippen LogP contribution in [0, 0.1) is 0 Å². The zero-order chi connectivity index (χ0) is 46.9. The van der Waals surface area contributed by atoms with Gasteiger partial charge in [-0.2, -0.15) is 0 Å². The van der Waals surface area contributed by atoms with Crippen molar-refractivity contribution in [2.45, 2.75) is 63.1 Å². The molecule has 0 unspecified atom stereocenters. The molecular formula is C64H63GeNSi. The van der Waals surface area contributed by atoms with E-state index in [0.29, 0.717) is 0 Å². The van der Waals surface area contributed by atoms with Gasteiger partial charge in [-0.15, -0.1) is 0 Å². The molecule has 0 amide bonds.